The lowest BCUT2D eigenvalue weighted by atomic mass is 9.91. The Kier molecular flexibility index (Phi) is 5.99. The maximum absolute atomic E-state index is 12.7. The number of aryl methyl sites for hydroxylation is 1. The Hall–Kier alpha value is -2.93. The van der Waals surface area contributed by atoms with E-state index in [4.69, 9.17) is 4.52 Å². The van der Waals surface area contributed by atoms with E-state index in [1.54, 1.807) is 19.0 Å². The average Bonchev–Trinajstić information content (AvgIpc) is 3.37. The van der Waals surface area contributed by atoms with Crippen LogP contribution in [0.25, 0.3) is 11.3 Å². The van der Waals surface area contributed by atoms with Crippen LogP contribution in [-0.2, 0) is 25.9 Å². The summed E-state index contributed by atoms with van der Waals surface area (Å²) in [6.07, 6.45) is 3.74. The van der Waals surface area contributed by atoms with Gasteiger partial charge in [0.2, 0.25) is 0 Å². The molecule has 7 nitrogen and oxygen atoms in total. The van der Waals surface area contributed by atoms with Gasteiger partial charge in [0.15, 0.2) is 11.5 Å². The summed E-state index contributed by atoms with van der Waals surface area (Å²) in [4.78, 5) is 14.3. The molecule has 0 saturated heterocycles. The summed E-state index contributed by atoms with van der Waals surface area (Å²) in [5, 5.41) is 12.5. The molecule has 30 heavy (non-hydrogen) atoms. The van der Waals surface area contributed by atoms with Gasteiger partial charge in [-0.05, 0) is 25.7 Å². The van der Waals surface area contributed by atoms with Crippen LogP contribution in [0.5, 0.6) is 0 Å². The largest absolute Gasteiger partial charge is 0.356 e. The van der Waals surface area contributed by atoms with Crippen LogP contribution < -0.4 is 5.32 Å². The van der Waals surface area contributed by atoms with Gasteiger partial charge in [0, 0.05) is 56.1 Å². The van der Waals surface area contributed by atoms with E-state index >= 15 is 0 Å². The van der Waals surface area contributed by atoms with Gasteiger partial charge >= 0.3 is 0 Å². The monoisotopic (exact) mass is 407 g/mol. The maximum atomic E-state index is 12.7. The van der Waals surface area contributed by atoms with Crippen LogP contribution in [0.15, 0.2) is 40.9 Å². The normalized spacial score (nSPS) is 15.8. The lowest BCUT2D eigenvalue weighted by Crippen LogP contribution is -2.35. The minimum atomic E-state index is -0.0224. The minimum absolute atomic E-state index is 0.0224. The zero-order valence-electron chi connectivity index (χ0n) is 17.9. The third kappa shape index (κ3) is 4.16. The van der Waals surface area contributed by atoms with Crippen molar-refractivity contribution in [2.45, 2.75) is 51.7 Å². The second-order valence-electron chi connectivity index (χ2n) is 8.07. The predicted molar refractivity (Wildman–Crippen MR) is 115 cm³/mol. The average molecular weight is 408 g/mol. The molecule has 2 heterocycles. The number of hydrogen-bond acceptors (Lipinski definition) is 5. The highest BCUT2D eigenvalue weighted by atomic mass is 16.5. The molecule has 1 N–H and O–H groups in total. The third-order valence-electron chi connectivity index (χ3n) is 5.58. The first-order valence-corrected chi connectivity index (χ1v) is 10.6. The summed E-state index contributed by atoms with van der Waals surface area (Å²) in [5.74, 6) is 0.754. The van der Waals surface area contributed by atoms with Gasteiger partial charge in [0.1, 0.15) is 0 Å². The number of amides is 1. The second-order valence-corrected chi connectivity index (χ2v) is 8.07. The van der Waals surface area contributed by atoms with E-state index in [-0.39, 0.29) is 11.9 Å². The molecule has 0 bridgehead atoms. The Morgan fingerprint density at radius 2 is 2.10 bits per heavy atom. The number of carbonyl (C=O) groups excluding carboxylic acids is 1. The zero-order chi connectivity index (χ0) is 21.1. The fraction of sp³-hybridized carbons (Fsp3) is 0.435. The van der Waals surface area contributed by atoms with Gasteiger partial charge in [0.05, 0.1) is 5.69 Å². The van der Waals surface area contributed by atoms with Crippen molar-refractivity contribution in [3.8, 4) is 11.3 Å². The predicted octanol–water partition coefficient (Wildman–Crippen LogP) is 3.30. The lowest BCUT2D eigenvalue weighted by molar-refractivity contribution is 0.0819. The Morgan fingerprint density at radius 3 is 2.83 bits per heavy atom. The molecule has 1 unspecified atom stereocenters. The Balaban J connectivity index is 1.45. The van der Waals surface area contributed by atoms with E-state index in [2.05, 4.69) is 22.5 Å². The van der Waals surface area contributed by atoms with Crippen molar-refractivity contribution < 1.29 is 9.32 Å². The number of hydrogen-bond donors (Lipinski definition) is 1. The van der Waals surface area contributed by atoms with Gasteiger partial charge in [-0.15, -0.1) is 0 Å². The van der Waals surface area contributed by atoms with Crippen molar-refractivity contribution in [2.75, 3.05) is 14.1 Å². The fourth-order valence-corrected chi connectivity index (χ4v) is 4.02. The molecule has 7 heteroatoms. The number of rotatable bonds is 7. The van der Waals surface area contributed by atoms with Gasteiger partial charge in [-0.1, -0.05) is 42.4 Å². The third-order valence-corrected chi connectivity index (χ3v) is 5.58. The van der Waals surface area contributed by atoms with Crippen LogP contribution in [-0.4, -0.2) is 45.9 Å². The van der Waals surface area contributed by atoms with Crippen LogP contribution in [0.1, 0.15) is 47.2 Å². The SMILES string of the molecule is CCCn1nc(C(=O)N(C)C)c2c1CCC(NCc1cc(-c3ccccc3)on1)C2. The first-order chi connectivity index (χ1) is 14.6. The van der Waals surface area contributed by atoms with Crippen LogP contribution >= 0.6 is 0 Å². The van der Waals surface area contributed by atoms with Gasteiger partial charge in [-0.2, -0.15) is 5.10 Å². The van der Waals surface area contributed by atoms with Crippen molar-refractivity contribution in [1.29, 1.82) is 0 Å². The number of aromatic nitrogens is 3. The van der Waals surface area contributed by atoms with Crippen molar-refractivity contribution in [3.05, 3.63) is 59.0 Å². The number of carbonyl (C=O) groups is 1. The Labute approximate surface area is 177 Å². The van der Waals surface area contributed by atoms with E-state index in [1.165, 1.54) is 5.69 Å². The molecule has 0 aliphatic heterocycles. The summed E-state index contributed by atoms with van der Waals surface area (Å²) in [7, 11) is 3.56. The number of nitrogens with zero attached hydrogens (tertiary/aromatic N) is 4. The standard InChI is InChI=1S/C23H29N5O2/c1-4-12-28-20-11-10-17(13-19(20)22(25-28)23(29)27(2)3)24-15-18-14-21(30-26-18)16-8-6-5-7-9-16/h5-9,14,17,24H,4,10-13,15H2,1-3H3. The minimum Gasteiger partial charge on any atom is -0.356 e. The highest BCUT2D eigenvalue weighted by Crippen LogP contribution is 2.26. The molecule has 1 amide bonds. The molecule has 0 saturated carbocycles. The number of nitrogens with one attached hydrogen (secondary N) is 1. The summed E-state index contributed by atoms with van der Waals surface area (Å²) in [6.45, 7) is 3.62. The molecular formula is C23H29N5O2. The first kappa shape index (κ1) is 20.3. The van der Waals surface area contributed by atoms with Crippen molar-refractivity contribution >= 4 is 5.91 Å². The molecule has 1 atom stereocenters. The lowest BCUT2D eigenvalue weighted by Gasteiger charge is -2.24. The van der Waals surface area contributed by atoms with Gasteiger partial charge in [-0.25, -0.2) is 0 Å². The van der Waals surface area contributed by atoms with Crippen LogP contribution in [0.3, 0.4) is 0 Å². The molecule has 1 aliphatic carbocycles. The quantitative estimate of drug-likeness (QED) is 0.650. The highest BCUT2D eigenvalue weighted by Gasteiger charge is 2.29. The number of fused-ring (bicyclic) bond motifs is 1. The fourth-order valence-electron chi connectivity index (χ4n) is 4.02. The van der Waals surface area contributed by atoms with Gasteiger partial charge < -0.3 is 14.7 Å². The van der Waals surface area contributed by atoms with E-state index in [1.807, 2.05) is 41.1 Å². The summed E-state index contributed by atoms with van der Waals surface area (Å²) >= 11 is 0. The van der Waals surface area contributed by atoms with E-state index in [0.29, 0.717) is 12.2 Å². The van der Waals surface area contributed by atoms with E-state index < -0.39 is 0 Å². The Morgan fingerprint density at radius 1 is 1.30 bits per heavy atom. The molecule has 1 aliphatic rings. The molecule has 158 valence electrons. The van der Waals surface area contributed by atoms with Crippen LogP contribution in [0, 0.1) is 0 Å². The second kappa shape index (κ2) is 8.83. The summed E-state index contributed by atoms with van der Waals surface area (Å²) in [5.41, 5.74) is 4.81. The molecule has 0 fully saturated rings. The van der Waals surface area contributed by atoms with Crippen molar-refractivity contribution in [2.24, 2.45) is 0 Å². The van der Waals surface area contributed by atoms with E-state index in [9.17, 15) is 4.79 Å². The molecular weight excluding hydrogens is 378 g/mol. The maximum Gasteiger partial charge on any atom is 0.274 e. The highest BCUT2D eigenvalue weighted by molar-refractivity contribution is 5.93. The molecule has 4 rings (SSSR count). The summed E-state index contributed by atoms with van der Waals surface area (Å²) < 4.78 is 7.53. The molecule has 3 aromatic rings. The first-order valence-electron chi connectivity index (χ1n) is 10.6. The van der Waals surface area contributed by atoms with Gasteiger partial charge in [0.25, 0.3) is 5.91 Å². The smallest absolute Gasteiger partial charge is 0.274 e. The topological polar surface area (TPSA) is 76.2 Å². The van der Waals surface area contributed by atoms with Crippen molar-refractivity contribution in [1.82, 2.24) is 25.2 Å². The van der Waals surface area contributed by atoms with Crippen molar-refractivity contribution in [3.63, 3.8) is 0 Å². The molecule has 0 radical (unpaired) electrons. The zero-order valence-corrected chi connectivity index (χ0v) is 17.9. The summed E-state index contributed by atoms with van der Waals surface area (Å²) in [6, 6.07) is 12.2. The molecule has 0 spiro atoms. The van der Waals surface area contributed by atoms with Gasteiger partial charge in [-0.3, -0.25) is 9.48 Å². The van der Waals surface area contributed by atoms with Crippen LogP contribution in [0.2, 0.25) is 0 Å². The molecule has 1 aromatic carbocycles. The van der Waals surface area contributed by atoms with E-state index in [0.717, 1.165) is 54.8 Å². The Bertz CT molecular complexity index is 1010. The number of benzene rings is 1. The molecule has 2 aromatic heterocycles. The van der Waals surface area contributed by atoms with Crippen LogP contribution in [0.4, 0.5) is 0 Å².